The van der Waals surface area contributed by atoms with Gasteiger partial charge in [0.1, 0.15) is 0 Å². The summed E-state index contributed by atoms with van der Waals surface area (Å²) in [6, 6.07) is 15.2. The Balaban J connectivity index is 1.90. The molecule has 0 fully saturated rings. The van der Waals surface area contributed by atoms with Crippen molar-refractivity contribution in [3.63, 3.8) is 0 Å². The van der Waals surface area contributed by atoms with Crippen molar-refractivity contribution in [2.24, 2.45) is 0 Å². The van der Waals surface area contributed by atoms with Crippen molar-refractivity contribution in [2.45, 2.75) is 50.0 Å². The molecule has 1 N–H and O–H groups in total. The van der Waals surface area contributed by atoms with Crippen LogP contribution in [0.4, 0.5) is 0 Å². The third kappa shape index (κ3) is 3.48. The molecular formula is C19H23NO2S. The number of rotatable bonds is 4. The Bertz CT molecular complexity index is 795. The van der Waals surface area contributed by atoms with E-state index in [9.17, 15) is 8.42 Å². The lowest BCUT2D eigenvalue weighted by Crippen LogP contribution is -2.40. The summed E-state index contributed by atoms with van der Waals surface area (Å²) in [5, 5.41) is 0. The SMILES string of the molecule is CC(C)(NS(=O)(=O)c1ccc2c(c1)CCCC2)c1ccccc1. The summed E-state index contributed by atoms with van der Waals surface area (Å²) in [5.74, 6) is 0. The lowest BCUT2D eigenvalue weighted by Gasteiger charge is -2.27. The third-order valence-electron chi connectivity index (χ3n) is 4.52. The van der Waals surface area contributed by atoms with E-state index < -0.39 is 15.6 Å². The molecule has 1 aliphatic rings. The molecule has 0 atom stereocenters. The maximum Gasteiger partial charge on any atom is 0.241 e. The second-order valence-corrected chi connectivity index (χ2v) is 8.42. The maximum absolute atomic E-state index is 12.8. The van der Waals surface area contributed by atoms with E-state index in [0.717, 1.165) is 24.8 Å². The summed E-state index contributed by atoms with van der Waals surface area (Å²) >= 11 is 0. The fourth-order valence-corrected chi connectivity index (χ4v) is 4.64. The van der Waals surface area contributed by atoms with Crippen molar-refractivity contribution in [1.29, 1.82) is 0 Å². The molecule has 0 aliphatic heterocycles. The van der Waals surface area contributed by atoms with Crippen LogP contribution in [0.25, 0.3) is 0 Å². The molecule has 122 valence electrons. The molecule has 0 saturated heterocycles. The van der Waals surface area contributed by atoms with E-state index in [1.807, 2.05) is 56.3 Å². The molecule has 0 aromatic heterocycles. The zero-order valence-corrected chi connectivity index (χ0v) is 14.5. The van der Waals surface area contributed by atoms with Gasteiger partial charge in [0.25, 0.3) is 0 Å². The van der Waals surface area contributed by atoms with E-state index >= 15 is 0 Å². The summed E-state index contributed by atoms with van der Waals surface area (Å²) < 4.78 is 28.4. The number of aryl methyl sites for hydroxylation is 2. The minimum absolute atomic E-state index is 0.363. The van der Waals surface area contributed by atoms with E-state index in [4.69, 9.17) is 0 Å². The Morgan fingerprint density at radius 3 is 2.26 bits per heavy atom. The van der Waals surface area contributed by atoms with Gasteiger partial charge in [0, 0.05) is 0 Å². The molecule has 3 rings (SSSR count). The molecule has 0 spiro atoms. The summed E-state index contributed by atoms with van der Waals surface area (Å²) in [4.78, 5) is 0.363. The van der Waals surface area contributed by atoms with E-state index in [-0.39, 0.29) is 0 Å². The van der Waals surface area contributed by atoms with Gasteiger partial charge in [0.15, 0.2) is 0 Å². The Morgan fingerprint density at radius 2 is 1.57 bits per heavy atom. The van der Waals surface area contributed by atoms with Crippen LogP contribution in [0.2, 0.25) is 0 Å². The lowest BCUT2D eigenvalue weighted by atomic mass is 9.92. The first kappa shape index (κ1) is 16.2. The van der Waals surface area contributed by atoms with Crippen molar-refractivity contribution in [2.75, 3.05) is 0 Å². The molecule has 0 bridgehead atoms. The van der Waals surface area contributed by atoms with Crippen LogP contribution in [0.1, 0.15) is 43.4 Å². The minimum atomic E-state index is -3.55. The monoisotopic (exact) mass is 329 g/mol. The first-order valence-electron chi connectivity index (χ1n) is 8.10. The average molecular weight is 329 g/mol. The minimum Gasteiger partial charge on any atom is -0.207 e. The van der Waals surface area contributed by atoms with Crippen LogP contribution in [-0.4, -0.2) is 8.42 Å². The van der Waals surface area contributed by atoms with Gasteiger partial charge < -0.3 is 0 Å². The first-order chi connectivity index (χ1) is 10.9. The Kier molecular flexibility index (Phi) is 4.30. The van der Waals surface area contributed by atoms with E-state index in [1.54, 1.807) is 6.07 Å². The fraction of sp³-hybridized carbons (Fsp3) is 0.368. The highest BCUT2D eigenvalue weighted by Crippen LogP contribution is 2.26. The van der Waals surface area contributed by atoms with Crippen molar-refractivity contribution in [3.05, 3.63) is 65.2 Å². The van der Waals surface area contributed by atoms with Gasteiger partial charge in [0.05, 0.1) is 10.4 Å². The molecule has 0 amide bonds. The van der Waals surface area contributed by atoms with E-state index in [2.05, 4.69) is 4.72 Å². The van der Waals surface area contributed by atoms with Crippen molar-refractivity contribution in [3.8, 4) is 0 Å². The molecule has 4 heteroatoms. The summed E-state index contributed by atoms with van der Waals surface area (Å²) in [6.45, 7) is 3.77. The van der Waals surface area contributed by atoms with Gasteiger partial charge in [-0.05, 0) is 68.4 Å². The Morgan fingerprint density at radius 1 is 0.913 bits per heavy atom. The molecule has 0 heterocycles. The van der Waals surface area contributed by atoms with Crippen LogP contribution in [0.15, 0.2) is 53.4 Å². The highest BCUT2D eigenvalue weighted by atomic mass is 32.2. The highest BCUT2D eigenvalue weighted by molar-refractivity contribution is 7.89. The third-order valence-corrected chi connectivity index (χ3v) is 6.17. The predicted octanol–water partition coefficient (Wildman–Crippen LogP) is 3.78. The second-order valence-electron chi connectivity index (χ2n) is 6.73. The maximum atomic E-state index is 12.8. The predicted molar refractivity (Wildman–Crippen MR) is 92.9 cm³/mol. The molecule has 0 radical (unpaired) electrons. The van der Waals surface area contributed by atoms with Crippen molar-refractivity contribution >= 4 is 10.0 Å². The van der Waals surface area contributed by atoms with Gasteiger partial charge in [-0.15, -0.1) is 0 Å². The zero-order valence-electron chi connectivity index (χ0n) is 13.7. The molecule has 0 saturated carbocycles. The molecule has 2 aromatic rings. The van der Waals surface area contributed by atoms with Gasteiger partial charge >= 0.3 is 0 Å². The van der Waals surface area contributed by atoms with Crippen LogP contribution < -0.4 is 4.72 Å². The second kappa shape index (κ2) is 6.10. The van der Waals surface area contributed by atoms with Crippen LogP contribution in [0, 0.1) is 0 Å². The average Bonchev–Trinajstić information content (AvgIpc) is 2.54. The standard InChI is InChI=1S/C19H23NO2S/c1-19(2,17-10-4-3-5-11-17)20-23(21,22)18-13-12-15-8-6-7-9-16(15)14-18/h3-5,10-14,20H,6-9H2,1-2H3. The summed E-state index contributed by atoms with van der Waals surface area (Å²) in [7, 11) is -3.55. The number of benzene rings is 2. The van der Waals surface area contributed by atoms with Gasteiger partial charge in [-0.1, -0.05) is 36.4 Å². The Labute approximate surface area is 138 Å². The van der Waals surface area contributed by atoms with Crippen molar-refractivity contribution < 1.29 is 8.42 Å². The van der Waals surface area contributed by atoms with Crippen LogP contribution in [0.5, 0.6) is 0 Å². The van der Waals surface area contributed by atoms with Gasteiger partial charge in [-0.3, -0.25) is 0 Å². The normalized spacial score (nSPS) is 15.2. The molecule has 0 unspecified atom stereocenters. The highest BCUT2D eigenvalue weighted by Gasteiger charge is 2.28. The van der Waals surface area contributed by atoms with Gasteiger partial charge in [0.2, 0.25) is 10.0 Å². The first-order valence-corrected chi connectivity index (χ1v) is 9.58. The summed E-state index contributed by atoms with van der Waals surface area (Å²) in [6.07, 6.45) is 4.36. The molecular weight excluding hydrogens is 306 g/mol. The van der Waals surface area contributed by atoms with Gasteiger partial charge in [-0.25, -0.2) is 13.1 Å². The van der Waals surface area contributed by atoms with Crippen LogP contribution in [-0.2, 0) is 28.4 Å². The summed E-state index contributed by atoms with van der Waals surface area (Å²) in [5.41, 5.74) is 2.76. The number of hydrogen-bond donors (Lipinski definition) is 1. The Hall–Kier alpha value is -1.65. The van der Waals surface area contributed by atoms with Crippen LogP contribution in [0.3, 0.4) is 0 Å². The molecule has 23 heavy (non-hydrogen) atoms. The topological polar surface area (TPSA) is 46.2 Å². The number of fused-ring (bicyclic) bond motifs is 1. The number of sulfonamides is 1. The quantitative estimate of drug-likeness (QED) is 0.928. The lowest BCUT2D eigenvalue weighted by molar-refractivity contribution is 0.472. The largest absolute Gasteiger partial charge is 0.241 e. The van der Waals surface area contributed by atoms with Crippen molar-refractivity contribution in [1.82, 2.24) is 4.72 Å². The zero-order chi connectivity index (χ0) is 16.5. The molecule has 3 nitrogen and oxygen atoms in total. The molecule has 2 aromatic carbocycles. The number of hydrogen-bond acceptors (Lipinski definition) is 2. The molecule has 1 aliphatic carbocycles. The number of nitrogens with one attached hydrogen (secondary N) is 1. The fourth-order valence-electron chi connectivity index (χ4n) is 3.19. The van der Waals surface area contributed by atoms with Gasteiger partial charge in [-0.2, -0.15) is 0 Å². The van der Waals surface area contributed by atoms with E-state index in [1.165, 1.54) is 17.5 Å². The van der Waals surface area contributed by atoms with E-state index in [0.29, 0.717) is 4.90 Å². The smallest absolute Gasteiger partial charge is 0.207 e. The van der Waals surface area contributed by atoms with Crippen LogP contribution >= 0.6 is 0 Å².